The number of hydrogen-bond acceptors (Lipinski definition) is 4. The molecular weight excluding hydrogens is 676 g/mol. The lowest BCUT2D eigenvalue weighted by molar-refractivity contribution is -0.140. The van der Waals surface area contributed by atoms with E-state index in [9.17, 15) is 18.0 Å². The molecule has 1 N–H and O–H groups in total. The first-order valence-corrected chi connectivity index (χ1v) is 17.0. The van der Waals surface area contributed by atoms with Gasteiger partial charge in [-0.05, 0) is 60.0 Å². The number of nitrogens with zero attached hydrogens (tertiary/aromatic N) is 2. The number of halogens is 4. The van der Waals surface area contributed by atoms with Crippen LogP contribution in [0.5, 0.6) is 0 Å². The van der Waals surface area contributed by atoms with E-state index >= 15 is 0 Å². The second kappa shape index (κ2) is 15.8. The van der Waals surface area contributed by atoms with Crippen molar-refractivity contribution in [2.24, 2.45) is 0 Å². The summed E-state index contributed by atoms with van der Waals surface area (Å²) < 4.78 is 29.1. The molecule has 0 saturated heterocycles. The fourth-order valence-corrected chi connectivity index (χ4v) is 7.15. The molecular formula is C33H31Cl4N3O4S. The third-order valence-corrected chi connectivity index (χ3v) is 9.86. The van der Waals surface area contributed by atoms with Crippen molar-refractivity contribution in [1.82, 2.24) is 10.2 Å². The van der Waals surface area contributed by atoms with Gasteiger partial charge in [-0.25, -0.2) is 8.42 Å². The van der Waals surface area contributed by atoms with Crippen LogP contribution in [0.1, 0.15) is 24.5 Å². The number of hydrogen-bond donors (Lipinski definition) is 1. The van der Waals surface area contributed by atoms with E-state index in [2.05, 4.69) is 5.32 Å². The summed E-state index contributed by atoms with van der Waals surface area (Å²) >= 11 is 25.3. The van der Waals surface area contributed by atoms with E-state index in [1.54, 1.807) is 36.4 Å². The lowest BCUT2D eigenvalue weighted by Crippen LogP contribution is -2.53. The number of anilines is 1. The van der Waals surface area contributed by atoms with Gasteiger partial charge in [0, 0.05) is 34.6 Å². The largest absolute Gasteiger partial charge is 0.354 e. The normalized spacial score (nSPS) is 11.9. The summed E-state index contributed by atoms with van der Waals surface area (Å²) in [5.74, 6) is -1.04. The Morgan fingerprint density at radius 3 is 2.00 bits per heavy atom. The molecule has 7 nitrogen and oxygen atoms in total. The van der Waals surface area contributed by atoms with Gasteiger partial charge in [-0.3, -0.25) is 13.9 Å². The highest BCUT2D eigenvalue weighted by Gasteiger charge is 2.35. The first-order valence-electron chi connectivity index (χ1n) is 14.1. The number of carbonyl (C=O) groups excluding carboxylic acids is 2. The molecule has 4 rings (SSSR count). The minimum atomic E-state index is -4.31. The molecule has 0 radical (unpaired) electrons. The van der Waals surface area contributed by atoms with Gasteiger partial charge >= 0.3 is 0 Å². The molecule has 0 saturated carbocycles. The molecule has 1 atom stereocenters. The van der Waals surface area contributed by atoms with E-state index in [1.807, 2.05) is 37.3 Å². The predicted octanol–water partition coefficient (Wildman–Crippen LogP) is 7.66. The van der Waals surface area contributed by atoms with E-state index in [0.29, 0.717) is 33.6 Å². The lowest BCUT2D eigenvalue weighted by Gasteiger charge is -2.34. The lowest BCUT2D eigenvalue weighted by atomic mass is 10.0. The summed E-state index contributed by atoms with van der Waals surface area (Å²) in [6.07, 6.45) is 0.847. The Balaban J connectivity index is 1.83. The van der Waals surface area contributed by atoms with E-state index in [1.165, 1.54) is 35.2 Å². The molecule has 4 aromatic rings. The Morgan fingerprint density at radius 1 is 0.800 bits per heavy atom. The maximum atomic E-state index is 14.5. The van der Waals surface area contributed by atoms with Crippen molar-refractivity contribution in [2.75, 3.05) is 17.4 Å². The van der Waals surface area contributed by atoms with Crippen LogP contribution in [-0.4, -0.2) is 44.3 Å². The van der Waals surface area contributed by atoms with Crippen LogP contribution >= 0.6 is 46.4 Å². The van der Waals surface area contributed by atoms with Gasteiger partial charge in [-0.2, -0.15) is 0 Å². The molecule has 0 aliphatic carbocycles. The monoisotopic (exact) mass is 705 g/mol. The number of amides is 2. The summed E-state index contributed by atoms with van der Waals surface area (Å²) in [6.45, 7) is 1.55. The number of carbonyl (C=O) groups is 2. The molecule has 0 aliphatic heterocycles. The van der Waals surface area contributed by atoms with E-state index in [-0.39, 0.29) is 34.5 Å². The van der Waals surface area contributed by atoms with Gasteiger partial charge < -0.3 is 10.2 Å². The van der Waals surface area contributed by atoms with Crippen LogP contribution in [-0.2, 0) is 32.6 Å². The van der Waals surface area contributed by atoms with E-state index in [0.717, 1.165) is 9.87 Å². The minimum Gasteiger partial charge on any atom is -0.354 e. The third-order valence-electron chi connectivity index (χ3n) is 6.96. The second-order valence-electron chi connectivity index (χ2n) is 10.2. The van der Waals surface area contributed by atoms with Gasteiger partial charge in [0.15, 0.2) is 0 Å². The van der Waals surface area contributed by atoms with Crippen molar-refractivity contribution < 1.29 is 18.0 Å². The topological polar surface area (TPSA) is 86.8 Å². The van der Waals surface area contributed by atoms with Crippen LogP contribution in [0, 0.1) is 0 Å². The Morgan fingerprint density at radius 2 is 1.40 bits per heavy atom. The quantitative estimate of drug-likeness (QED) is 0.155. The Hall–Kier alpha value is -3.27. The van der Waals surface area contributed by atoms with Crippen LogP contribution in [0.25, 0.3) is 0 Å². The van der Waals surface area contributed by atoms with Crippen molar-refractivity contribution in [3.63, 3.8) is 0 Å². The Labute approximate surface area is 283 Å². The summed E-state index contributed by atoms with van der Waals surface area (Å²) in [5, 5.41) is 3.92. The molecule has 0 spiro atoms. The maximum Gasteiger partial charge on any atom is 0.264 e. The number of sulfonamides is 1. The highest BCUT2D eigenvalue weighted by Crippen LogP contribution is 2.33. The van der Waals surface area contributed by atoms with Gasteiger partial charge in [-0.1, -0.05) is 108 Å². The SMILES string of the molecule is CCCNC(=O)[C@@H](Cc1ccccc1)N(Cc1ccc(Cl)cc1Cl)C(=O)CN(c1ccc(Cl)cc1Cl)S(=O)(=O)c1ccccc1. The summed E-state index contributed by atoms with van der Waals surface area (Å²) in [6, 6.07) is 25.1. The van der Waals surface area contributed by atoms with Crippen LogP contribution in [0.15, 0.2) is 102 Å². The summed E-state index contributed by atoms with van der Waals surface area (Å²) in [5.41, 5.74) is 1.39. The fraction of sp³-hybridized carbons (Fsp3) is 0.212. The van der Waals surface area contributed by atoms with Gasteiger partial charge in [0.05, 0.1) is 15.6 Å². The van der Waals surface area contributed by atoms with Crippen LogP contribution in [0.4, 0.5) is 5.69 Å². The van der Waals surface area contributed by atoms with Crippen LogP contribution < -0.4 is 9.62 Å². The average molecular weight is 708 g/mol. The van der Waals surface area contributed by atoms with Gasteiger partial charge in [0.2, 0.25) is 11.8 Å². The maximum absolute atomic E-state index is 14.5. The zero-order valence-corrected chi connectivity index (χ0v) is 28.1. The number of rotatable bonds is 13. The van der Waals surface area contributed by atoms with Crippen molar-refractivity contribution in [3.05, 3.63) is 128 Å². The van der Waals surface area contributed by atoms with Crippen molar-refractivity contribution >= 4 is 73.9 Å². The highest BCUT2D eigenvalue weighted by atomic mass is 35.5. The van der Waals surface area contributed by atoms with Crippen LogP contribution in [0.3, 0.4) is 0 Å². The molecule has 0 fully saturated rings. The Kier molecular flexibility index (Phi) is 12.2. The molecule has 0 heterocycles. The summed E-state index contributed by atoms with van der Waals surface area (Å²) in [7, 11) is -4.31. The minimum absolute atomic E-state index is 0.0311. The van der Waals surface area contributed by atoms with Crippen LogP contribution in [0.2, 0.25) is 20.1 Å². The molecule has 2 amide bonds. The molecule has 0 aromatic heterocycles. The van der Waals surface area contributed by atoms with E-state index in [4.69, 9.17) is 46.4 Å². The molecule has 0 unspecified atom stereocenters. The fourth-order valence-electron chi connectivity index (χ4n) is 4.67. The predicted molar refractivity (Wildman–Crippen MR) is 182 cm³/mol. The van der Waals surface area contributed by atoms with Crippen molar-refractivity contribution in [3.8, 4) is 0 Å². The summed E-state index contributed by atoms with van der Waals surface area (Å²) in [4.78, 5) is 29.5. The van der Waals surface area contributed by atoms with Crippen molar-refractivity contribution in [2.45, 2.75) is 37.2 Å². The molecule has 236 valence electrons. The molecule has 0 aliphatic rings. The average Bonchev–Trinajstić information content (AvgIpc) is 3.02. The Bertz CT molecular complexity index is 1740. The molecule has 45 heavy (non-hydrogen) atoms. The standard InChI is InChI=1S/C33H31Cl4N3O4S/c1-2-17-38-33(42)31(18-23-9-5-3-6-10-23)39(21-24-13-14-25(34)19-28(24)36)32(41)22-40(30-16-15-26(35)20-29(30)37)45(43,44)27-11-7-4-8-12-27/h3-16,19-20,31H,2,17-18,21-22H2,1H3,(H,38,42)/t31-/m1/s1. The number of benzene rings is 4. The smallest absolute Gasteiger partial charge is 0.264 e. The highest BCUT2D eigenvalue weighted by molar-refractivity contribution is 7.92. The van der Waals surface area contributed by atoms with Gasteiger partial charge in [0.25, 0.3) is 10.0 Å². The molecule has 0 bridgehead atoms. The molecule has 4 aromatic carbocycles. The first-order chi connectivity index (χ1) is 21.5. The zero-order valence-electron chi connectivity index (χ0n) is 24.3. The van der Waals surface area contributed by atoms with Gasteiger partial charge in [-0.15, -0.1) is 0 Å². The number of nitrogens with one attached hydrogen (secondary N) is 1. The van der Waals surface area contributed by atoms with Gasteiger partial charge in [0.1, 0.15) is 12.6 Å². The van der Waals surface area contributed by atoms with Crippen molar-refractivity contribution in [1.29, 1.82) is 0 Å². The second-order valence-corrected chi connectivity index (χ2v) is 13.7. The zero-order chi connectivity index (χ0) is 32.6. The molecule has 12 heteroatoms. The van der Waals surface area contributed by atoms with E-state index < -0.39 is 28.5 Å². The first kappa shape index (κ1) is 34.6. The third kappa shape index (κ3) is 8.93.